The van der Waals surface area contributed by atoms with E-state index in [1.807, 2.05) is 7.05 Å². The summed E-state index contributed by atoms with van der Waals surface area (Å²) in [5.74, 6) is -2.43. The number of aromatic nitrogens is 4. The molecule has 39 heavy (non-hydrogen) atoms. The predicted molar refractivity (Wildman–Crippen MR) is 138 cm³/mol. The molecule has 15 heteroatoms. The lowest BCUT2D eigenvalue weighted by molar-refractivity contribution is -0.0760. The van der Waals surface area contributed by atoms with E-state index in [-0.39, 0.29) is 42.7 Å². The van der Waals surface area contributed by atoms with Gasteiger partial charge in [0.2, 0.25) is 11.8 Å². The first-order chi connectivity index (χ1) is 18.6. The highest BCUT2D eigenvalue weighted by molar-refractivity contribution is 5.88. The molecule has 3 amide bonds. The van der Waals surface area contributed by atoms with Crippen LogP contribution in [0.15, 0.2) is 24.4 Å². The lowest BCUT2D eigenvalue weighted by Gasteiger charge is -2.42. The van der Waals surface area contributed by atoms with Crippen molar-refractivity contribution in [1.82, 2.24) is 30.0 Å². The van der Waals surface area contributed by atoms with Gasteiger partial charge in [0.15, 0.2) is 5.82 Å². The second kappa shape index (κ2) is 12.3. The topological polar surface area (TPSA) is 138 Å². The molecule has 2 saturated heterocycles. The van der Waals surface area contributed by atoms with Crippen LogP contribution in [0.2, 0.25) is 0 Å². The maximum absolute atomic E-state index is 14.9. The number of alkyl halides is 2. The molecule has 4 heterocycles. The maximum Gasteiger partial charge on any atom is 0.413 e. The summed E-state index contributed by atoms with van der Waals surface area (Å²) in [7, 11) is 3.30. The van der Waals surface area contributed by atoms with E-state index in [0.29, 0.717) is 6.61 Å². The van der Waals surface area contributed by atoms with Gasteiger partial charge in [0.1, 0.15) is 18.0 Å². The largest absolute Gasteiger partial charge is 0.477 e. The Labute approximate surface area is 224 Å². The van der Waals surface area contributed by atoms with Gasteiger partial charge >= 0.3 is 12.1 Å². The Morgan fingerprint density at radius 2 is 1.90 bits per heavy atom. The number of anilines is 3. The highest BCUT2D eigenvalue weighted by atomic mass is 19.3. The van der Waals surface area contributed by atoms with Crippen LogP contribution in [-0.2, 0) is 4.74 Å². The number of nitrogens with zero attached hydrogens (tertiary/aromatic N) is 7. The number of likely N-dealkylation sites (N-methyl/N-ethyl adjacent to an activating group) is 1. The van der Waals surface area contributed by atoms with Gasteiger partial charge in [-0.05, 0) is 38.9 Å². The molecule has 0 saturated carbocycles. The number of likely N-dealkylation sites (tertiary alicyclic amines) is 1. The summed E-state index contributed by atoms with van der Waals surface area (Å²) in [6.07, 6.45) is 1.59. The summed E-state index contributed by atoms with van der Waals surface area (Å²) in [5.41, 5.74) is 0. The first-order valence-electron chi connectivity index (χ1n) is 12.8. The van der Waals surface area contributed by atoms with Gasteiger partial charge < -0.3 is 24.2 Å². The third-order valence-electron chi connectivity index (χ3n) is 6.65. The van der Waals surface area contributed by atoms with Crippen molar-refractivity contribution in [1.29, 1.82) is 0 Å². The number of halogens is 2. The first kappa shape index (κ1) is 28.1. The fraction of sp³-hybridized carbons (Fsp3) is 0.583. The van der Waals surface area contributed by atoms with Crippen molar-refractivity contribution in [3.05, 3.63) is 24.4 Å². The zero-order valence-corrected chi connectivity index (χ0v) is 22.1. The van der Waals surface area contributed by atoms with Crippen LogP contribution in [0.4, 0.5) is 36.0 Å². The number of nitrogens with one attached hydrogen (secondary N) is 2. The van der Waals surface area contributed by atoms with Crippen LogP contribution in [0.25, 0.3) is 0 Å². The lowest BCUT2D eigenvalue weighted by Crippen LogP contribution is -2.60. The van der Waals surface area contributed by atoms with E-state index < -0.39 is 30.5 Å². The molecule has 2 aliphatic heterocycles. The molecule has 2 aromatic heterocycles. The number of amides is 3. The summed E-state index contributed by atoms with van der Waals surface area (Å²) in [6.45, 7) is 3.62. The Hall–Kier alpha value is -3.88. The monoisotopic (exact) mass is 549 g/mol. The van der Waals surface area contributed by atoms with E-state index >= 15 is 0 Å². The summed E-state index contributed by atoms with van der Waals surface area (Å²) < 4.78 is 40.6. The molecule has 0 spiro atoms. The molecule has 0 bridgehead atoms. The highest BCUT2D eigenvalue weighted by Crippen LogP contribution is 2.33. The van der Waals surface area contributed by atoms with Gasteiger partial charge in [0.25, 0.3) is 5.92 Å². The van der Waals surface area contributed by atoms with E-state index in [0.717, 1.165) is 30.8 Å². The van der Waals surface area contributed by atoms with Crippen molar-refractivity contribution < 1.29 is 27.8 Å². The second-order valence-corrected chi connectivity index (χ2v) is 9.48. The van der Waals surface area contributed by atoms with Gasteiger partial charge in [-0.25, -0.2) is 23.4 Å². The van der Waals surface area contributed by atoms with Crippen molar-refractivity contribution in [2.45, 2.75) is 44.3 Å². The van der Waals surface area contributed by atoms with E-state index in [2.05, 4.69) is 35.7 Å². The molecule has 0 aliphatic carbocycles. The van der Waals surface area contributed by atoms with Crippen LogP contribution in [0, 0.1) is 0 Å². The summed E-state index contributed by atoms with van der Waals surface area (Å²) >= 11 is 0. The van der Waals surface area contributed by atoms with E-state index in [4.69, 9.17) is 9.47 Å². The van der Waals surface area contributed by atoms with Crippen LogP contribution in [0.3, 0.4) is 0 Å². The van der Waals surface area contributed by atoms with Crippen LogP contribution in [-0.4, -0.2) is 107 Å². The Kier molecular flexibility index (Phi) is 8.89. The maximum atomic E-state index is 14.9. The van der Waals surface area contributed by atoms with Crippen molar-refractivity contribution in [2.24, 2.45) is 0 Å². The molecule has 0 radical (unpaired) electrons. The van der Waals surface area contributed by atoms with E-state index in [9.17, 15) is 18.4 Å². The number of carbonyl (C=O) groups is 2. The molecule has 2 aromatic rings. The van der Waals surface area contributed by atoms with Crippen molar-refractivity contribution in [3.8, 4) is 5.88 Å². The quantitative estimate of drug-likeness (QED) is 0.530. The summed E-state index contributed by atoms with van der Waals surface area (Å²) in [5, 5.41) is 12.7. The smallest absolute Gasteiger partial charge is 0.413 e. The molecule has 13 nitrogen and oxygen atoms in total. The predicted octanol–water partition coefficient (Wildman–Crippen LogP) is 2.69. The second-order valence-electron chi connectivity index (χ2n) is 9.48. The minimum Gasteiger partial charge on any atom is -0.477 e. The van der Waals surface area contributed by atoms with Crippen LogP contribution < -0.4 is 20.3 Å². The van der Waals surface area contributed by atoms with Crippen LogP contribution >= 0.6 is 0 Å². The van der Waals surface area contributed by atoms with Gasteiger partial charge in [0.05, 0.1) is 6.61 Å². The zero-order chi connectivity index (χ0) is 28.0. The molecule has 0 unspecified atom stereocenters. The van der Waals surface area contributed by atoms with E-state index in [1.54, 1.807) is 11.8 Å². The number of urea groups is 1. The zero-order valence-electron chi connectivity index (χ0n) is 22.1. The standard InChI is InChI=1S/C24H33F2N9O4/c1-4-38-20-6-5-19(31-32-20)29-22(36)34(3)17-15-35(14-10-24(17,25)26)21-27-11-7-18(28-21)30-23(37)39-16-8-12-33(2)13-9-16/h5-7,11,16-17H,4,8-10,12-15H2,1-3H3,(H,29,31,36)(H,27,28,30,37)/t17-/m0/s1. The average molecular weight is 550 g/mol. The van der Waals surface area contributed by atoms with Gasteiger partial charge in [-0.2, -0.15) is 4.98 Å². The third kappa shape index (κ3) is 7.37. The molecule has 4 rings (SSSR count). The van der Waals surface area contributed by atoms with Gasteiger partial charge in [-0.15, -0.1) is 10.2 Å². The van der Waals surface area contributed by atoms with Gasteiger partial charge in [0, 0.05) is 51.9 Å². The molecule has 0 aromatic carbocycles. The number of ether oxygens (including phenoxy) is 2. The summed E-state index contributed by atoms with van der Waals surface area (Å²) in [6, 6.07) is 2.24. The lowest BCUT2D eigenvalue weighted by atomic mass is 10.00. The van der Waals surface area contributed by atoms with Crippen molar-refractivity contribution in [3.63, 3.8) is 0 Å². The number of carbonyl (C=O) groups excluding carboxylic acids is 2. The first-order valence-corrected chi connectivity index (χ1v) is 12.8. The van der Waals surface area contributed by atoms with Crippen LogP contribution in [0.5, 0.6) is 5.88 Å². The fourth-order valence-electron chi connectivity index (χ4n) is 4.38. The molecular weight excluding hydrogens is 516 g/mol. The number of rotatable bonds is 7. The highest BCUT2D eigenvalue weighted by Gasteiger charge is 2.48. The number of hydrogen-bond acceptors (Lipinski definition) is 10. The number of piperidine rings is 2. The number of hydrogen-bond donors (Lipinski definition) is 2. The fourth-order valence-corrected chi connectivity index (χ4v) is 4.38. The molecular formula is C24H33F2N9O4. The SMILES string of the molecule is CCOc1ccc(NC(=O)N(C)[C@H]2CN(c3nccc(NC(=O)OC4CCN(C)CC4)n3)CCC2(F)F)nn1. The Bertz CT molecular complexity index is 1130. The normalized spacial score (nSPS) is 19.7. The van der Waals surface area contributed by atoms with E-state index in [1.165, 1.54) is 31.4 Å². The molecule has 2 aliphatic rings. The van der Waals surface area contributed by atoms with Gasteiger partial charge in [-0.3, -0.25) is 10.6 Å². The minimum atomic E-state index is -3.15. The molecule has 1 atom stereocenters. The Balaban J connectivity index is 1.37. The van der Waals surface area contributed by atoms with Crippen molar-refractivity contribution >= 4 is 29.7 Å². The van der Waals surface area contributed by atoms with Gasteiger partial charge in [-0.1, -0.05) is 0 Å². The minimum absolute atomic E-state index is 0.0349. The van der Waals surface area contributed by atoms with Crippen LogP contribution in [0.1, 0.15) is 26.2 Å². The Morgan fingerprint density at radius 3 is 2.59 bits per heavy atom. The Morgan fingerprint density at radius 1 is 1.13 bits per heavy atom. The summed E-state index contributed by atoms with van der Waals surface area (Å²) in [4.78, 5) is 38.3. The average Bonchev–Trinajstić information content (AvgIpc) is 2.91. The van der Waals surface area contributed by atoms with Crippen molar-refractivity contribution in [2.75, 3.05) is 62.4 Å². The third-order valence-corrected chi connectivity index (χ3v) is 6.65. The molecule has 212 valence electrons. The molecule has 2 fully saturated rings. The molecule has 2 N–H and O–H groups in total.